The fourth-order valence-corrected chi connectivity index (χ4v) is 1.73. The molecule has 0 aliphatic heterocycles. The molecule has 0 fully saturated rings. The Balaban J connectivity index is 2.64. The lowest BCUT2D eigenvalue weighted by Crippen LogP contribution is -2.46. The quantitative estimate of drug-likeness (QED) is 0.682. The Kier molecular flexibility index (Phi) is 6.02. The third-order valence-electron chi connectivity index (χ3n) is 2.87. The van der Waals surface area contributed by atoms with Crippen LogP contribution in [0.15, 0.2) is 30.3 Å². The summed E-state index contributed by atoms with van der Waals surface area (Å²) >= 11 is 0. The fourth-order valence-electron chi connectivity index (χ4n) is 1.73. The van der Waals surface area contributed by atoms with E-state index in [1.54, 1.807) is 30.3 Å². The molecule has 0 heterocycles. The van der Waals surface area contributed by atoms with Gasteiger partial charge in [0.1, 0.15) is 6.04 Å². The summed E-state index contributed by atoms with van der Waals surface area (Å²) in [6, 6.07) is 7.82. The number of nitrogens with two attached hydrogens (primary N) is 1. The number of carbonyl (C=O) groups excluding carboxylic acids is 2. The topological polar surface area (TPSA) is 92.4 Å². The standard InChI is InChI=1S/C14H20N2O3/c1-2-3-9-11(13(15)18)16-14(19)12(17)10-7-5-4-6-8-10/h4-8,11-12,17H,2-3,9H2,1H3,(H2,15,18)(H,16,19)/t11-,12+/m1/s1. The Labute approximate surface area is 112 Å². The van der Waals surface area contributed by atoms with Crippen LogP contribution in [0.25, 0.3) is 0 Å². The van der Waals surface area contributed by atoms with E-state index in [1.165, 1.54) is 0 Å². The average Bonchev–Trinajstić information content (AvgIpc) is 2.43. The highest BCUT2D eigenvalue weighted by atomic mass is 16.3. The van der Waals surface area contributed by atoms with Gasteiger partial charge in [-0.25, -0.2) is 0 Å². The second-order valence-electron chi connectivity index (χ2n) is 4.42. The number of unbranched alkanes of at least 4 members (excludes halogenated alkanes) is 1. The maximum Gasteiger partial charge on any atom is 0.254 e. The molecule has 0 bridgehead atoms. The number of primary amides is 1. The highest BCUT2D eigenvalue weighted by Gasteiger charge is 2.23. The second kappa shape index (κ2) is 7.53. The van der Waals surface area contributed by atoms with Crippen LogP contribution in [0, 0.1) is 0 Å². The normalized spacial score (nSPS) is 13.6. The Morgan fingerprint density at radius 1 is 1.32 bits per heavy atom. The first-order chi connectivity index (χ1) is 9.06. The number of benzene rings is 1. The zero-order valence-electron chi connectivity index (χ0n) is 11.0. The van der Waals surface area contributed by atoms with E-state index in [0.29, 0.717) is 12.0 Å². The van der Waals surface area contributed by atoms with Gasteiger partial charge in [-0.2, -0.15) is 0 Å². The predicted octanol–water partition coefficient (Wildman–Crippen LogP) is 0.880. The monoisotopic (exact) mass is 264 g/mol. The largest absolute Gasteiger partial charge is 0.378 e. The van der Waals surface area contributed by atoms with Crippen molar-refractivity contribution in [2.75, 3.05) is 0 Å². The van der Waals surface area contributed by atoms with Gasteiger partial charge in [0.15, 0.2) is 6.10 Å². The van der Waals surface area contributed by atoms with Crippen molar-refractivity contribution in [1.29, 1.82) is 0 Å². The minimum atomic E-state index is -1.29. The zero-order chi connectivity index (χ0) is 14.3. The van der Waals surface area contributed by atoms with Crippen molar-refractivity contribution in [3.63, 3.8) is 0 Å². The number of rotatable bonds is 7. The van der Waals surface area contributed by atoms with Crippen molar-refractivity contribution in [1.82, 2.24) is 5.32 Å². The van der Waals surface area contributed by atoms with Gasteiger partial charge in [0.05, 0.1) is 0 Å². The van der Waals surface area contributed by atoms with E-state index < -0.39 is 24.0 Å². The first-order valence-electron chi connectivity index (χ1n) is 6.39. The predicted molar refractivity (Wildman–Crippen MR) is 72.1 cm³/mol. The van der Waals surface area contributed by atoms with Crippen LogP contribution >= 0.6 is 0 Å². The summed E-state index contributed by atoms with van der Waals surface area (Å²) in [6.45, 7) is 1.98. The number of hydrogen-bond donors (Lipinski definition) is 3. The fraction of sp³-hybridized carbons (Fsp3) is 0.429. The molecule has 0 aromatic heterocycles. The number of amides is 2. The minimum absolute atomic E-state index is 0.485. The van der Waals surface area contributed by atoms with Crippen LogP contribution in [0.2, 0.25) is 0 Å². The molecule has 0 saturated heterocycles. The summed E-state index contributed by atoms with van der Waals surface area (Å²) in [4.78, 5) is 23.1. The van der Waals surface area contributed by atoms with Crippen molar-refractivity contribution in [2.24, 2.45) is 5.73 Å². The Bertz CT molecular complexity index is 420. The zero-order valence-corrected chi connectivity index (χ0v) is 11.0. The second-order valence-corrected chi connectivity index (χ2v) is 4.42. The molecule has 0 saturated carbocycles. The molecule has 1 aromatic carbocycles. The Hall–Kier alpha value is -1.88. The molecule has 1 aromatic rings. The van der Waals surface area contributed by atoms with E-state index in [0.717, 1.165) is 12.8 Å². The summed E-state index contributed by atoms with van der Waals surface area (Å²) in [6.07, 6.45) is 0.889. The molecule has 0 spiro atoms. The lowest BCUT2D eigenvalue weighted by Gasteiger charge is -2.18. The van der Waals surface area contributed by atoms with Gasteiger partial charge in [0, 0.05) is 0 Å². The molecular weight excluding hydrogens is 244 g/mol. The first kappa shape index (κ1) is 15.2. The molecule has 5 nitrogen and oxygen atoms in total. The van der Waals surface area contributed by atoms with Gasteiger partial charge in [-0.05, 0) is 12.0 Å². The molecule has 0 radical (unpaired) electrons. The van der Waals surface area contributed by atoms with Crippen molar-refractivity contribution >= 4 is 11.8 Å². The van der Waals surface area contributed by atoms with E-state index in [-0.39, 0.29) is 0 Å². The summed E-state index contributed by atoms with van der Waals surface area (Å²) in [5.74, 6) is -1.19. The van der Waals surface area contributed by atoms with E-state index >= 15 is 0 Å². The first-order valence-corrected chi connectivity index (χ1v) is 6.39. The van der Waals surface area contributed by atoms with Gasteiger partial charge in [-0.15, -0.1) is 0 Å². The van der Waals surface area contributed by atoms with Crippen LogP contribution in [0.5, 0.6) is 0 Å². The molecule has 0 aliphatic rings. The van der Waals surface area contributed by atoms with Crippen LogP contribution in [0.1, 0.15) is 37.9 Å². The third kappa shape index (κ3) is 4.71. The van der Waals surface area contributed by atoms with Gasteiger partial charge >= 0.3 is 0 Å². The SMILES string of the molecule is CCCC[C@@H](NC(=O)[C@@H](O)c1ccccc1)C(N)=O. The summed E-state index contributed by atoms with van der Waals surface area (Å²) in [5, 5.41) is 12.4. The van der Waals surface area contributed by atoms with Gasteiger partial charge in [-0.1, -0.05) is 50.1 Å². The van der Waals surface area contributed by atoms with Gasteiger partial charge in [0.2, 0.25) is 5.91 Å². The van der Waals surface area contributed by atoms with E-state index in [9.17, 15) is 14.7 Å². The van der Waals surface area contributed by atoms with E-state index in [1.807, 2.05) is 6.92 Å². The van der Waals surface area contributed by atoms with Gasteiger partial charge in [-0.3, -0.25) is 9.59 Å². The third-order valence-corrected chi connectivity index (χ3v) is 2.87. The molecule has 19 heavy (non-hydrogen) atoms. The Morgan fingerprint density at radius 3 is 2.47 bits per heavy atom. The smallest absolute Gasteiger partial charge is 0.254 e. The lowest BCUT2D eigenvalue weighted by molar-refractivity contribution is -0.133. The molecule has 0 unspecified atom stereocenters. The maximum absolute atomic E-state index is 11.9. The van der Waals surface area contributed by atoms with Gasteiger partial charge < -0.3 is 16.2 Å². The molecule has 2 amide bonds. The van der Waals surface area contributed by atoms with Gasteiger partial charge in [0.25, 0.3) is 5.91 Å². The molecule has 2 atom stereocenters. The van der Waals surface area contributed by atoms with E-state index in [2.05, 4.69) is 5.32 Å². The highest BCUT2D eigenvalue weighted by molar-refractivity contribution is 5.88. The molecule has 104 valence electrons. The number of carbonyl (C=O) groups is 2. The lowest BCUT2D eigenvalue weighted by atomic mass is 10.1. The van der Waals surface area contributed by atoms with Crippen LogP contribution in [-0.4, -0.2) is 23.0 Å². The van der Waals surface area contributed by atoms with Crippen LogP contribution in [0.4, 0.5) is 0 Å². The van der Waals surface area contributed by atoms with Crippen LogP contribution in [-0.2, 0) is 9.59 Å². The van der Waals surface area contributed by atoms with Crippen molar-refractivity contribution < 1.29 is 14.7 Å². The number of aliphatic hydroxyl groups is 1. The number of hydrogen-bond acceptors (Lipinski definition) is 3. The maximum atomic E-state index is 11.9. The van der Waals surface area contributed by atoms with Crippen LogP contribution in [0.3, 0.4) is 0 Å². The molecular formula is C14H20N2O3. The number of nitrogens with one attached hydrogen (secondary N) is 1. The highest BCUT2D eigenvalue weighted by Crippen LogP contribution is 2.12. The summed E-state index contributed by atoms with van der Waals surface area (Å²) in [5.41, 5.74) is 5.71. The van der Waals surface area contributed by atoms with Crippen molar-refractivity contribution in [3.05, 3.63) is 35.9 Å². The van der Waals surface area contributed by atoms with E-state index in [4.69, 9.17) is 5.73 Å². The van der Waals surface area contributed by atoms with Crippen LogP contribution < -0.4 is 11.1 Å². The minimum Gasteiger partial charge on any atom is -0.378 e. The molecule has 1 rings (SSSR count). The molecule has 5 heteroatoms. The Morgan fingerprint density at radius 2 is 1.95 bits per heavy atom. The average molecular weight is 264 g/mol. The molecule has 4 N–H and O–H groups in total. The van der Waals surface area contributed by atoms with Crippen molar-refractivity contribution in [2.45, 2.75) is 38.3 Å². The van der Waals surface area contributed by atoms with Crippen molar-refractivity contribution in [3.8, 4) is 0 Å². The summed E-state index contributed by atoms with van der Waals surface area (Å²) < 4.78 is 0. The number of aliphatic hydroxyl groups excluding tert-OH is 1. The summed E-state index contributed by atoms with van der Waals surface area (Å²) in [7, 11) is 0. The molecule has 0 aliphatic carbocycles.